The van der Waals surface area contributed by atoms with Crippen LogP contribution in [0.4, 0.5) is 5.82 Å². The van der Waals surface area contributed by atoms with Gasteiger partial charge in [-0.1, -0.05) is 0 Å². The highest BCUT2D eigenvalue weighted by Crippen LogP contribution is 2.17. The molecule has 0 saturated heterocycles. The Morgan fingerprint density at radius 1 is 1.41 bits per heavy atom. The lowest BCUT2D eigenvalue weighted by Gasteiger charge is -2.04. The molecule has 0 aliphatic rings. The van der Waals surface area contributed by atoms with Crippen LogP contribution in [0.2, 0.25) is 0 Å². The van der Waals surface area contributed by atoms with Crippen molar-refractivity contribution in [3.05, 3.63) is 34.9 Å². The lowest BCUT2D eigenvalue weighted by Crippen LogP contribution is -2.15. The van der Waals surface area contributed by atoms with Crippen molar-refractivity contribution in [3.63, 3.8) is 0 Å². The molecule has 5 heteroatoms. The lowest BCUT2D eigenvalue weighted by atomic mass is 10.1. The molecule has 1 N–H and O–H groups in total. The Morgan fingerprint density at radius 2 is 2.12 bits per heavy atom. The molecule has 5 nitrogen and oxygen atoms in total. The van der Waals surface area contributed by atoms with Gasteiger partial charge in [-0.15, -0.1) is 0 Å². The van der Waals surface area contributed by atoms with E-state index in [1.165, 1.54) is 0 Å². The molecule has 0 radical (unpaired) electrons. The van der Waals surface area contributed by atoms with E-state index in [9.17, 15) is 4.79 Å². The predicted molar refractivity (Wildman–Crippen MR) is 64.1 cm³/mol. The Kier molecular flexibility index (Phi) is 2.75. The normalized spacial score (nSPS) is 10.6. The average molecular weight is 233 g/mol. The van der Waals surface area contributed by atoms with E-state index in [-0.39, 0.29) is 5.91 Å². The summed E-state index contributed by atoms with van der Waals surface area (Å²) in [5.41, 5.74) is 2.28. The molecule has 2 aromatic rings. The van der Waals surface area contributed by atoms with Gasteiger partial charge in [-0.05, 0) is 20.8 Å². The number of hydrogen-bond acceptors (Lipinski definition) is 3. The van der Waals surface area contributed by atoms with E-state index >= 15 is 0 Å². The van der Waals surface area contributed by atoms with Crippen molar-refractivity contribution in [2.45, 2.75) is 20.8 Å². The zero-order valence-corrected chi connectivity index (χ0v) is 10.4. The average Bonchev–Trinajstić information content (AvgIpc) is 2.71. The molecule has 0 aromatic carbocycles. The fourth-order valence-corrected chi connectivity index (χ4v) is 1.82. The molecule has 0 aliphatic carbocycles. The highest BCUT2D eigenvalue weighted by atomic mass is 16.3. The molecule has 1 amide bonds. The molecule has 17 heavy (non-hydrogen) atoms. The van der Waals surface area contributed by atoms with Crippen LogP contribution in [0.3, 0.4) is 0 Å². The van der Waals surface area contributed by atoms with Crippen LogP contribution < -0.4 is 5.32 Å². The van der Waals surface area contributed by atoms with Crippen LogP contribution in [0.1, 0.15) is 27.4 Å². The van der Waals surface area contributed by atoms with E-state index in [0.717, 1.165) is 11.3 Å². The van der Waals surface area contributed by atoms with Crippen LogP contribution in [0, 0.1) is 20.8 Å². The zero-order chi connectivity index (χ0) is 12.6. The summed E-state index contributed by atoms with van der Waals surface area (Å²) in [6.45, 7) is 5.50. The third kappa shape index (κ3) is 2.08. The van der Waals surface area contributed by atoms with Gasteiger partial charge in [0, 0.05) is 18.7 Å². The van der Waals surface area contributed by atoms with Crippen molar-refractivity contribution in [2.75, 3.05) is 5.32 Å². The molecular weight excluding hydrogens is 218 g/mol. The monoisotopic (exact) mass is 233 g/mol. The maximum Gasteiger partial charge on any atom is 0.260 e. The van der Waals surface area contributed by atoms with E-state index in [4.69, 9.17) is 4.42 Å². The van der Waals surface area contributed by atoms with E-state index < -0.39 is 0 Å². The summed E-state index contributed by atoms with van der Waals surface area (Å²) in [5, 5.41) is 6.99. The van der Waals surface area contributed by atoms with Gasteiger partial charge in [-0.3, -0.25) is 9.48 Å². The standard InChI is InChI=1S/C12H15N3O2/c1-7-6-17-9(3)11(7)12(16)13-10-5-8(2)14-15(10)4/h5-6H,1-4H3,(H,13,16). The van der Waals surface area contributed by atoms with Gasteiger partial charge >= 0.3 is 0 Å². The number of nitrogens with zero attached hydrogens (tertiary/aromatic N) is 2. The third-order valence-electron chi connectivity index (χ3n) is 2.63. The molecule has 0 fully saturated rings. The number of aromatic nitrogens is 2. The minimum Gasteiger partial charge on any atom is -0.469 e. The van der Waals surface area contributed by atoms with E-state index in [0.29, 0.717) is 17.1 Å². The number of amides is 1. The fourth-order valence-electron chi connectivity index (χ4n) is 1.82. The Bertz CT molecular complexity index is 547. The van der Waals surface area contributed by atoms with Gasteiger partial charge in [0.15, 0.2) is 0 Å². The van der Waals surface area contributed by atoms with Crippen LogP contribution in [0.5, 0.6) is 0 Å². The molecule has 0 spiro atoms. The second kappa shape index (κ2) is 4.08. The summed E-state index contributed by atoms with van der Waals surface area (Å²) in [7, 11) is 1.79. The largest absolute Gasteiger partial charge is 0.469 e. The SMILES string of the molecule is Cc1cc(NC(=O)c2c(C)coc2C)n(C)n1. The van der Waals surface area contributed by atoms with Crippen molar-refractivity contribution in [2.24, 2.45) is 7.05 Å². The van der Waals surface area contributed by atoms with Gasteiger partial charge in [0.25, 0.3) is 5.91 Å². The van der Waals surface area contributed by atoms with Crippen LogP contribution in [-0.2, 0) is 7.05 Å². The number of anilines is 1. The van der Waals surface area contributed by atoms with E-state index in [2.05, 4.69) is 10.4 Å². The minimum atomic E-state index is -0.170. The predicted octanol–water partition coefficient (Wildman–Crippen LogP) is 2.19. The Morgan fingerprint density at radius 3 is 2.59 bits per heavy atom. The number of rotatable bonds is 2. The lowest BCUT2D eigenvalue weighted by molar-refractivity contribution is 0.102. The van der Waals surface area contributed by atoms with Crippen molar-refractivity contribution >= 4 is 11.7 Å². The Labute approximate surface area is 99.4 Å². The van der Waals surface area contributed by atoms with Gasteiger partial charge in [-0.2, -0.15) is 5.10 Å². The summed E-state index contributed by atoms with van der Waals surface area (Å²) in [4.78, 5) is 12.1. The van der Waals surface area contributed by atoms with Gasteiger partial charge < -0.3 is 9.73 Å². The van der Waals surface area contributed by atoms with Crippen molar-refractivity contribution in [3.8, 4) is 0 Å². The smallest absolute Gasteiger partial charge is 0.260 e. The first-order chi connectivity index (χ1) is 7.99. The van der Waals surface area contributed by atoms with E-state index in [1.54, 1.807) is 24.9 Å². The molecule has 2 aromatic heterocycles. The Hall–Kier alpha value is -2.04. The van der Waals surface area contributed by atoms with Gasteiger partial charge in [0.1, 0.15) is 11.6 Å². The quantitative estimate of drug-likeness (QED) is 0.864. The summed E-state index contributed by atoms with van der Waals surface area (Å²) in [6.07, 6.45) is 1.58. The van der Waals surface area contributed by atoms with Crippen LogP contribution in [-0.4, -0.2) is 15.7 Å². The molecule has 0 bridgehead atoms. The van der Waals surface area contributed by atoms with Crippen LogP contribution in [0.25, 0.3) is 0 Å². The Balaban J connectivity index is 2.26. The first kappa shape index (κ1) is 11.4. The number of nitrogens with one attached hydrogen (secondary N) is 1. The van der Waals surface area contributed by atoms with E-state index in [1.807, 2.05) is 19.9 Å². The number of carbonyl (C=O) groups is 1. The molecule has 0 unspecified atom stereocenters. The van der Waals surface area contributed by atoms with Crippen molar-refractivity contribution in [1.82, 2.24) is 9.78 Å². The van der Waals surface area contributed by atoms with Crippen molar-refractivity contribution in [1.29, 1.82) is 0 Å². The molecule has 0 aliphatic heterocycles. The second-order valence-electron chi connectivity index (χ2n) is 4.10. The molecule has 2 rings (SSSR count). The van der Waals surface area contributed by atoms with Gasteiger partial charge in [0.2, 0.25) is 0 Å². The second-order valence-corrected chi connectivity index (χ2v) is 4.10. The molecule has 0 atom stereocenters. The van der Waals surface area contributed by atoms with Crippen LogP contribution in [0.15, 0.2) is 16.7 Å². The summed E-state index contributed by atoms with van der Waals surface area (Å²) in [6, 6.07) is 1.82. The number of carbonyl (C=O) groups excluding carboxylic acids is 1. The zero-order valence-electron chi connectivity index (χ0n) is 10.4. The molecule has 2 heterocycles. The van der Waals surface area contributed by atoms with Gasteiger partial charge in [-0.25, -0.2) is 0 Å². The topological polar surface area (TPSA) is 60.1 Å². The summed E-state index contributed by atoms with van der Waals surface area (Å²) < 4.78 is 6.84. The van der Waals surface area contributed by atoms with Crippen LogP contribution >= 0.6 is 0 Å². The van der Waals surface area contributed by atoms with Gasteiger partial charge in [0.05, 0.1) is 17.5 Å². The maximum absolute atomic E-state index is 12.1. The maximum atomic E-state index is 12.1. The van der Waals surface area contributed by atoms with Crippen molar-refractivity contribution < 1.29 is 9.21 Å². The molecular formula is C12H15N3O2. The number of furan rings is 1. The fraction of sp³-hybridized carbons (Fsp3) is 0.333. The first-order valence-corrected chi connectivity index (χ1v) is 5.35. The number of hydrogen-bond donors (Lipinski definition) is 1. The third-order valence-corrected chi connectivity index (χ3v) is 2.63. The first-order valence-electron chi connectivity index (χ1n) is 5.35. The highest BCUT2D eigenvalue weighted by Gasteiger charge is 2.16. The summed E-state index contributed by atoms with van der Waals surface area (Å²) in [5.74, 6) is 1.13. The minimum absolute atomic E-state index is 0.170. The number of aryl methyl sites for hydroxylation is 4. The summed E-state index contributed by atoms with van der Waals surface area (Å²) >= 11 is 0. The molecule has 0 saturated carbocycles. The molecule has 90 valence electrons. The highest BCUT2D eigenvalue weighted by molar-refractivity contribution is 6.05.